The van der Waals surface area contributed by atoms with Crippen molar-refractivity contribution in [1.29, 1.82) is 0 Å². The number of nitrogens with one attached hydrogen (secondary N) is 1. The lowest BCUT2D eigenvalue weighted by molar-refractivity contribution is -0.178. The number of nitrogens with zero attached hydrogens (tertiary/aromatic N) is 1. The van der Waals surface area contributed by atoms with Crippen molar-refractivity contribution in [2.75, 3.05) is 18.5 Å². The van der Waals surface area contributed by atoms with E-state index in [1.807, 2.05) is 18.3 Å². The van der Waals surface area contributed by atoms with Crippen LogP contribution < -0.4 is 5.32 Å². The first-order chi connectivity index (χ1) is 15.4. The van der Waals surface area contributed by atoms with Crippen LogP contribution in [-0.4, -0.2) is 35.1 Å². The quantitative estimate of drug-likeness (QED) is 0.458. The molecule has 1 saturated heterocycles. The van der Waals surface area contributed by atoms with Gasteiger partial charge in [-0.3, -0.25) is 4.98 Å². The summed E-state index contributed by atoms with van der Waals surface area (Å²) in [5.41, 5.74) is 3.19. The van der Waals surface area contributed by atoms with E-state index in [2.05, 4.69) is 10.3 Å². The van der Waals surface area contributed by atoms with Gasteiger partial charge < -0.3 is 19.9 Å². The summed E-state index contributed by atoms with van der Waals surface area (Å²) in [6, 6.07) is 10.3. The average molecular weight is 473 g/mol. The first-order valence-corrected chi connectivity index (χ1v) is 11.4. The normalized spacial score (nSPS) is 18.3. The third-order valence-corrected chi connectivity index (χ3v) is 6.80. The molecule has 0 atom stereocenters. The van der Waals surface area contributed by atoms with E-state index in [4.69, 9.17) is 32.7 Å². The van der Waals surface area contributed by atoms with Crippen LogP contribution in [0.25, 0.3) is 10.9 Å². The molecule has 5 rings (SSSR count). The zero-order valence-electron chi connectivity index (χ0n) is 17.2. The van der Waals surface area contributed by atoms with E-state index in [0.717, 1.165) is 47.8 Å². The number of hydrogen-bond donors (Lipinski definition) is 2. The number of aromatic carboxylic acids is 1. The fourth-order valence-corrected chi connectivity index (χ4v) is 5.06. The maximum Gasteiger partial charge on any atom is 0.337 e. The molecule has 2 N–H and O–H groups in total. The molecule has 8 heteroatoms. The van der Waals surface area contributed by atoms with E-state index < -0.39 is 11.8 Å². The molecule has 2 aromatic carbocycles. The van der Waals surface area contributed by atoms with Gasteiger partial charge in [0.05, 0.1) is 35.7 Å². The van der Waals surface area contributed by atoms with E-state index in [0.29, 0.717) is 28.9 Å². The molecule has 0 bridgehead atoms. The summed E-state index contributed by atoms with van der Waals surface area (Å²) in [7, 11) is 0. The van der Waals surface area contributed by atoms with Crippen LogP contribution in [0.5, 0.6) is 0 Å². The number of halogens is 2. The van der Waals surface area contributed by atoms with Gasteiger partial charge >= 0.3 is 5.97 Å². The lowest BCUT2D eigenvalue weighted by atomic mass is 9.80. The standard InChI is InChI=1S/C24H22Cl2N2O4/c25-15-1-3-20-17(11-15)22(28-21-4-2-16(26)12-18(21)23(29)30)19(13-27-20)14-5-7-24(8-6-14)31-9-10-32-24/h1-4,11-14H,5-10H2,(H,27,28)(H,29,30). The predicted molar refractivity (Wildman–Crippen MR) is 124 cm³/mol. The Bertz CT molecular complexity index is 1180. The largest absolute Gasteiger partial charge is 0.478 e. The SMILES string of the molecule is O=C(O)c1cc(Cl)ccc1Nc1c(C2CCC3(CC2)OCCO3)cnc2ccc(Cl)cc12. The number of fused-ring (bicyclic) bond motifs is 1. The zero-order valence-corrected chi connectivity index (χ0v) is 18.7. The van der Waals surface area contributed by atoms with Crippen molar-refractivity contribution in [2.24, 2.45) is 0 Å². The average Bonchev–Trinajstić information content (AvgIpc) is 3.23. The van der Waals surface area contributed by atoms with Crippen LogP contribution in [0.4, 0.5) is 11.4 Å². The van der Waals surface area contributed by atoms with Crippen LogP contribution >= 0.6 is 23.2 Å². The monoisotopic (exact) mass is 472 g/mol. The number of anilines is 2. The van der Waals surface area contributed by atoms with Gasteiger partial charge in [-0.15, -0.1) is 0 Å². The van der Waals surface area contributed by atoms with Crippen LogP contribution in [0, 0.1) is 0 Å². The Labute approximate surface area is 195 Å². The first kappa shape index (κ1) is 21.5. The summed E-state index contributed by atoms with van der Waals surface area (Å²) in [6.45, 7) is 1.28. The second-order valence-electron chi connectivity index (χ2n) is 8.25. The van der Waals surface area contributed by atoms with Crippen molar-refractivity contribution in [3.05, 3.63) is 63.8 Å². The van der Waals surface area contributed by atoms with Crippen LogP contribution in [0.3, 0.4) is 0 Å². The summed E-state index contributed by atoms with van der Waals surface area (Å²) in [5.74, 6) is -1.28. The number of rotatable bonds is 4. The highest BCUT2D eigenvalue weighted by Gasteiger charge is 2.41. The summed E-state index contributed by atoms with van der Waals surface area (Å²) in [6.07, 6.45) is 5.27. The molecule has 32 heavy (non-hydrogen) atoms. The Kier molecular flexibility index (Phi) is 5.72. The Morgan fingerprint density at radius 1 is 1.06 bits per heavy atom. The van der Waals surface area contributed by atoms with Crippen LogP contribution in [0.15, 0.2) is 42.6 Å². The van der Waals surface area contributed by atoms with Gasteiger partial charge in [0, 0.05) is 34.5 Å². The van der Waals surface area contributed by atoms with E-state index in [1.54, 1.807) is 18.2 Å². The molecule has 0 unspecified atom stereocenters. The van der Waals surface area contributed by atoms with Crippen LogP contribution in [-0.2, 0) is 9.47 Å². The molecule has 1 aliphatic heterocycles. The second kappa shape index (κ2) is 8.52. The summed E-state index contributed by atoms with van der Waals surface area (Å²) in [5, 5.41) is 14.9. The van der Waals surface area contributed by atoms with Crippen LogP contribution in [0.2, 0.25) is 10.0 Å². The molecule has 2 heterocycles. The Balaban J connectivity index is 1.57. The first-order valence-electron chi connectivity index (χ1n) is 10.6. The maximum atomic E-state index is 11.9. The van der Waals surface area contributed by atoms with Gasteiger partial charge in [-0.25, -0.2) is 4.79 Å². The summed E-state index contributed by atoms with van der Waals surface area (Å²) >= 11 is 12.4. The Morgan fingerprint density at radius 3 is 2.47 bits per heavy atom. The number of benzene rings is 2. The van der Waals surface area contributed by atoms with E-state index in [9.17, 15) is 9.90 Å². The minimum atomic E-state index is -1.05. The molecule has 166 valence electrons. The predicted octanol–water partition coefficient (Wildman–Crippen LogP) is 6.38. The van der Waals surface area contributed by atoms with E-state index >= 15 is 0 Å². The number of pyridine rings is 1. The maximum absolute atomic E-state index is 11.9. The molecular formula is C24H22Cl2N2O4. The van der Waals surface area contributed by atoms with E-state index in [1.165, 1.54) is 6.07 Å². The van der Waals surface area contributed by atoms with E-state index in [-0.39, 0.29) is 11.5 Å². The molecular weight excluding hydrogens is 451 g/mol. The highest BCUT2D eigenvalue weighted by Crippen LogP contribution is 2.46. The highest BCUT2D eigenvalue weighted by atomic mass is 35.5. The van der Waals surface area contributed by atoms with Gasteiger partial charge in [0.25, 0.3) is 0 Å². The van der Waals surface area contributed by atoms with Crippen molar-refractivity contribution < 1.29 is 19.4 Å². The van der Waals surface area contributed by atoms with Crippen molar-refractivity contribution in [2.45, 2.75) is 37.4 Å². The molecule has 0 amide bonds. The minimum absolute atomic E-state index is 0.103. The number of carboxylic acids is 1. The second-order valence-corrected chi connectivity index (χ2v) is 9.12. The van der Waals surface area contributed by atoms with Gasteiger partial charge in [-0.05, 0) is 60.7 Å². The Hall–Kier alpha value is -2.38. The van der Waals surface area contributed by atoms with Crippen molar-refractivity contribution in [1.82, 2.24) is 4.98 Å². The summed E-state index contributed by atoms with van der Waals surface area (Å²) in [4.78, 5) is 16.5. The molecule has 6 nitrogen and oxygen atoms in total. The molecule has 1 aromatic heterocycles. The number of ether oxygens (including phenoxy) is 2. The third kappa shape index (κ3) is 4.04. The van der Waals surface area contributed by atoms with Crippen molar-refractivity contribution in [3.8, 4) is 0 Å². The number of hydrogen-bond acceptors (Lipinski definition) is 5. The van der Waals surface area contributed by atoms with Gasteiger partial charge in [0.2, 0.25) is 0 Å². The fraction of sp³-hybridized carbons (Fsp3) is 0.333. The minimum Gasteiger partial charge on any atom is -0.478 e. The molecule has 2 fully saturated rings. The van der Waals surface area contributed by atoms with Gasteiger partial charge in [-0.1, -0.05) is 23.2 Å². The lowest BCUT2D eigenvalue weighted by Crippen LogP contribution is -2.34. The molecule has 3 aromatic rings. The number of aromatic nitrogens is 1. The lowest BCUT2D eigenvalue weighted by Gasteiger charge is -2.36. The van der Waals surface area contributed by atoms with Gasteiger partial charge in [-0.2, -0.15) is 0 Å². The number of carbonyl (C=O) groups is 1. The highest BCUT2D eigenvalue weighted by molar-refractivity contribution is 6.31. The molecule has 2 aliphatic rings. The molecule has 1 spiro atoms. The van der Waals surface area contributed by atoms with Crippen LogP contribution in [0.1, 0.15) is 47.5 Å². The fourth-order valence-electron chi connectivity index (χ4n) is 4.72. The zero-order chi connectivity index (χ0) is 22.3. The topological polar surface area (TPSA) is 80.7 Å². The van der Waals surface area contributed by atoms with Gasteiger partial charge in [0.15, 0.2) is 5.79 Å². The number of carboxylic acid groups (broad SMARTS) is 1. The smallest absolute Gasteiger partial charge is 0.337 e. The summed E-state index contributed by atoms with van der Waals surface area (Å²) < 4.78 is 11.8. The molecule has 1 aliphatic carbocycles. The van der Waals surface area contributed by atoms with Crippen molar-refractivity contribution in [3.63, 3.8) is 0 Å². The molecule has 1 saturated carbocycles. The third-order valence-electron chi connectivity index (χ3n) is 6.33. The van der Waals surface area contributed by atoms with Crippen molar-refractivity contribution >= 4 is 51.4 Å². The van der Waals surface area contributed by atoms with Gasteiger partial charge in [0.1, 0.15) is 0 Å². The Morgan fingerprint density at radius 2 is 1.75 bits per heavy atom. The molecule has 0 radical (unpaired) electrons.